The first-order valence-electron chi connectivity index (χ1n) is 13.1. The summed E-state index contributed by atoms with van der Waals surface area (Å²) < 4.78 is 64.4. The van der Waals surface area contributed by atoms with Crippen molar-refractivity contribution >= 4 is 39.8 Å². The van der Waals surface area contributed by atoms with E-state index in [0.29, 0.717) is 23.2 Å². The van der Waals surface area contributed by atoms with E-state index in [1.807, 2.05) is 12.1 Å². The Bertz CT molecular complexity index is 1430. The monoisotopic (exact) mass is 624 g/mol. The lowest BCUT2D eigenvalue weighted by Crippen LogP contribution is -2.51. The molecule has 2 N–H and O–H groups in total. The molecule has 1 aliphatic heterocycles. The Labute approximate surface area is 248 Å². The molecular formula is C29H32ClF3N4O4S. The molecule has 0 saturated carbocycles. The van der Waals surface area contributed by atoms with Gasteiger partial charge in [-0.1, -0.05) is 49.7 Å². The van der Waals surface area contributed by atoms with Crippen LogP contribution in [0.3, 0.4) is 0 Å². The number of alkyl halides is 3. The zero-order valence-electron chi connectivity index (χ0n) is 23.1. The fraction of sp³-hybridized carbons (Fsp3) is 0.310. The minimum absolute atomic E-state index is 0.0391. The molecular weight excluding hydrogens is 593 g/mol. The second kappa shape index (κ2) is 14.5. The van der Waals surface area contributed by atoms with Gasteiger partial charge in [-0.25, -0.2) is 13.2 Å². The number of anilines is 1. The predicted molar refractivity (Wildman–Crippen MR) is 156 cm³/mol. The molecule has 0 atom stereocenters. The average Bonchev–Trinajstić information content (AvgIpc) is 2.97. The van der Waals surface area contributed by atoms with Crippen LogP contribution in [0.15, 0.2) is 77.7 Å². The topological polar surface area (TPSA) is 98.8 Å². The van der Waals surface area contributed by atoms with E-state index >= 15 is 0 Å². The van der Waals surface area contributed by atoms with Crippen LogP contribution in [0.2, 0.25) is 5.02 Å². The summed E-state index contributed by atoms with van der Waals surface area (Å²) in [6, 6.07) is 17.8. The van der Waals surface area contributed by atoms with E-state index in [-0.39, 0.29) is 37.1 Å². The number of rotatable bonds is 7. The maximum Gasteiger partial charge on any atom is 0.416 e. The molecule has 1 fully saturated rings. The van der Waals surface area contributed by atoms with Crippen LogP contribution in [0, 0.1) is 0 Å². The molecule has 1 saturated heterocycles. The summed E-state index contributed by atoms with van der Waals surface area (Å²) >= 11 is 5.80. The average molecular weight is 625 g/mol. The van der Waals surface area contributed by atoms with E-state index in [0.717, 1.165) is 40.5 Å². The van der Waals surface area contributed by atoms with E-state index in [9.17, 15) is 31.2 Å². The molecule has 3 amide bonds. The van der Waals surface area contributed by atoms with Crippen LogP contribution in [0.25, 0.3) is 0 Å². The largest absolute Gasteiger partial charge is 0.416 e. The van der Waals surface area contributed by atoms with Gasteiger partial charge in [0.1, 0.15) is 0 Å². The van der Waals surface area contributed by atoms with Gasteiger partial charge in [0.05, 0.1) is 10.5 Å². The fourth-order valence-electron chi connectivity index (χ4n) is 4.01. The number of halogens is 4. The molecule has 0 unspecified atom stereocenters. The van der Waals surface area contributed by atoms with Gasteiger partial charge in [0.25, 0.3) is 0 Å². The first kappa shape index (κ1) is 32.9. The first-order valence-corrected chi connectivity index (χ1v) is 14.9. The highest BCUT2D eigenvalue weighted by molar-refractivity contribution is 7.89. The molecule has 0 spiro atoms. The molecule has 1 aliphatic rings. The summed E-state index contributed by atoms with van der Waals surface area (Å²) in [6.07, 6.45) is -3.82. The van der Waals surface area contributed by atoms with Gasteiger partial charge in [0, 0.05) is 43.4 Å². The summed E-state index contributed by atoms with van der Waals surface area (Å²) in [5, 5.41) is 5.86. The molecule has 0 radical (unpaired) electrons. The van der Waals surface area contributed by atoms with Gasteiger partial charge in [-0.2, -0.15) is 17.5 Å². The quantitative estimate of drug-likeness (QED) is 0.317. The Balaban J connectivity index is 0.000000312. The summed E-state index contributed by atoms with van der Waals surface area (Å²) in [5.74, 6) is 0.563. The lowest BCUT2D eigenvalue weighted by atomic mass is 10.0. The van der Waals surface area contributed by atoms with Crippen molar-refractivity contribution < 1.29 is 31.2 Å². The number of urea groups is 1. The molecule has 1 heterocycles. The number of nitrogens with one attached hydrogen (secondary N) is 2. The third-order valence-electron chi connectivity index (χ3n) is 6.48. The number of benzene rings is 3. The van der Waals surface area contributed by atoms with Crippen molar-refractivity contribution in [1.29, 1.82) is 0 Å². The number of hydrogen-bond acceptors (Lipinski definition) is 4. The minimum Gasteiger partial charge on any atom is -0.355 e. The van der Waals surface area contributed by atoms with Crippen LogP contribution in [0.1, 0.15) is 36.5 Å². The Morgan fingerprint density at radius 1 is 0.929 bits per heavy atom. The number of sulfonamides is 1. The van der Waals surface area contributed by atoms with Gasteiger partial charge < -0.3 is 15.5 Å². The summed E-state index contributed by atoms with van der Waals surface area (Å²) in [4.78, 5) is 23.6. The zero-order valence-corrected chi connectivity index (χ0v) is 24.6. The number of amides is 3. The third-order valence-corrected chi connectivity index (χ3v) is 8.64. The lowest BCUT2D eigenvalue weighted by molar-refractivity contribution is -0.137. The van der Waals surface area contributed by atoms with E-state index in [4.69, 9.17) is 11.6 Å². The maximum absolute atomic E-state index is 12.7. The summed E-state index contributed by atoms with van der Waals surface area (Å²) in [7, 11) is -3.94. The number of piperazine rings is 1. The van der Waals surface area contributed by atoms with E-state index in [2.05, 4.69) is 36.6 Å². The number of nitrogens with zero attached hydrogens (tertiary/aromatic N) is 2. The van der Waals surface area contributed by atoms with Crippen LogP contribution in [-0.2, 0) is 27.5 Å². The Morgan fingerprint density at radius 2 is 1.50 bits per heavy atom. The van der Waals surface area contributed by atoms with Crippen molar-refractivity contribution in [2.75, 3.05) is 31.5 Å². The van der Waals surface area contributed by atoms with Gasteiger partial charge in [-0.15, -0.1) is 0 Å². The molecule has 226 valence electrons. The standard InChI is InChI=1S/C18H17ClF3N3O3S.C11H15NO/c19-14-3-5-15(6-4-14)23-17(26)24-9-11-25(12-10-24)29(27,28)16-7-1-13(2-8-16)18(20,21)22;1-9(2)11-5-3-10(4-6-11)7-12-8-13/h1-8H,9-12H2,(H,23,26);3-6,8-9H,7H2,1-2H3,(H,12,13). The van der Waals surface area contributed by atoms with Gasteiger partial charge in [-0.3, -0.25) is 4.79 Å². The Hall–Kier alpha value is -3.61. The van der Waals surface area contributed by atoms with Crippen molar-refractivity contribution in [1.82, 2.24) is 14.5 Å². The second-order valence-electron chi connectivity index (χ2n) is 9.75. The molecule has 3 aromatic rings. The van der Waals surface area contributed by atoms with E-state index < -0.39 is 21.8 Å². The number of carbonyl (C=O) groups is 2. The highest BCUT2D eigenvalue weighted by Crippen LogP contribution is 2.30. The van der Waals surface area contributed by atoms with Crippen LogP contribution in [0.4, 0.5) is 23.7 Å². The molecule has 8 nitrogen and oxygen atoms in total. The molecule has 0 bridgehead atoms. The van der Waals surface area contributed by atoms with Crippen molar-refractivity contribution in [2.45, 2.75) is 37.4 Å². The molecule has 13 heteroatoms. The van der Waals surface area contributed by atoms with Crippen LogP contribution < -0.4 is 10.6 Å². The highest BCUT2D eigenvalue weighted by Gasteiger charge is 2.33. The third kappa shape index (κ3) is 9.20. The van der Waals surface area contributed by atoms with Crippen molar-refractivity contribution in [3.63, 3.8) is 0 Å². The highest BCUT2D eigenvalue weighted by atomic mass is 35.5. The van der Waals surface area contributed by atoms with Gasteiger partial charge >= 0.3 is 12.2 Å². The van der Waals surface area contributed by atoms with Crippen molar-refractivity contribution in [3.8, 4) is 0 Å². The SMILES string of the molecule is CC(C)c1ccc(CNC=O)cc1.O=C(Nc1ccc(Cl)cc1)N1CCN(S(=O)(=O)c2ccc(C(F)(F)F)cc2)CC1. The first-order chi connectivity index (χ1) is 19.8. The van der Waals surface area contributed by atoms with E-state index in [1.165, 1.54) is 10.5 Å². The smallest absolute Gasteiger partial charge is 0.355 e. The molecule has 0 aromatic heterocycles. The number of carbonyl (C=O) groups excluding carboxylic acids is 2. The van der Waals surface area contributed by atoms with Crippen molar-refractivity contribution in [3.05, 3.63) is 94.5 Å². The van der Waals surface area contributed by atoms with Crippen molar-refractivity contribution in [2.24, 2.45) is 0 Å². The van der Waals surface area contributed by atoms with Crippen LogP contribution in [-0.4, -0.2) is 56.2 Å². The van der Waals surface area contributed by atoms with Gasteiger partial charge in [0.15, 0.2) is 0 Å². The lowest BCUT2D eigenvalue weighted by Gasteiger charge is -2.34. The molecule has 4 rings (SSSR count). The minimum atomic E-state index is -4.54. The summed E-state index contributed by atoms with van der Waals surface area (Å²) in [6.45, 7) is 5.33. The Morgan fingerprint density at radius 3 is 2.00 bits per heavy atom. The normalized spacial score (nSPS) is 14.1. The maximum atomic E-state index is 12.7. The van der Waals surface area contributed by atoms with Crippen LogP contribution >= 0.6 is 11.6 Å². The molecule has 0 aliphatic carbocycles. The fourth-order valence-corrected chi connectivity index (χ4v) is 5.56. The molecule has 3 aromatic carbocycles. The zero-order chi connectivity index (χ0) is 30.9. The molecule has 42 heavy (non-hydrogen) atoms. The summed E-state index contributed by atoms with van der Waals surface area (Å²) in [5.41, 5.74) is 2.10. The Kier molecular flexibility index (Phi) is 11.4. The van der Waals surface area contributed by atoms with E-state index in [1.54, 1.807) is 24.3 Å². The van der Waals surface area contributed by atoms with Crippen LogP contribution in [0.5, 0.6) is 0 Å². The second-order valence-corrected chi connectivity index (χ2v) is 12.1. The van der Waals surface area contributed by atoms with Gasteiger partial charge in [0.2, 0.25) is 16.4 Å². The predicted octanol–water partition coefficient (Wildman–Crippen LogP) is 5.95. The number of hydrogen-bond donors (Lipinski definition) is 2. The van der Waals surface area contributed by atoms with Gasteiger partial charge in [-0.05, 0) is 65.6 Å².